The normalized spacial score (nSPS) is 13.9. The highest BCUT2D eigenvalue weighted by Gasteiger charge is 2.23. The molecule has 3 atom stereocenters. The van der Waals surface area contributed by atoms with Gasteiger partial charge in [0.2, 0.25) is 5.91 Å². The van der Waals surface area contributed by atoms with Crippen LogP contribution >= 0.6 is 0 Å². The van der Waals surface area contributed by atoms with E-state index >= 15 is 0 Å². The predicted octanol–water partition coefficient (Wildman–Crippen LogP) is 11.6. The second-order valence-corrected chi connectivity index (χ2v) is 14.1. The van der Waals surface area contributed by atoms with Crippen molar-refractivity contribution in [3.8, 4) is 0 Å². The number of aliphatic hydroxyl groups is 2. The van der Waals surface area contributed by atoms with Gasteiger partial charge in [0.15, 0.2) is 0 Å². The standard InChI is InChI=1S/C44H79NO5/c1-4-7-10-13-16-19-21-24-26-29-32-35-40(50-44(49)37-34-31-28-25-22-20-17-14-11-8-5-2)38-43(48)45-41(39-46)42(47)36-33-30-27-23-18-15-12-9-6-3/h7,10,13,16,19,21,24,26,40-42,46-47H,4-6,8-9,11-12,14-15,17-18,20,22-23,25,27-39H2,1-3H3,(H,45,48)/b10-7+,16-13+,21-19-,26-24-. The summed E-state index contributed by atoms with van der Waals surface area (Å²) in [5.41, 5.74) is 0. The Balaban J connectivity index is 4.72. The lowest BCUT2D eigenvalue weighted by atomic mass is 10.0. The largest absolute Gasteiger partial charge is 0.462 e. The van der Waals surface area contributed by atoms with Crippen molar-refractivity contribution in [2.24, 2.45) is 0 Å². The number of rotatable bonds is 36. The van der Waals surface area contributed by atoms with Crippen molar-refractivity contribution in [3.05, 3.63) is 48.6 Å². The van der Waals surface area contributed by atoms with Gasteiger partial charge in [-0.25, -0.2) is 0 Å². The maximum absolute atomic E-state index is 13.0. The summed E-state index contributed by atoms with van der Waals surface area (Å²) in [6.07, 6.45) is 43.2. The first-order chi connectivity index (χ1) is 24.5. The van der Waals surface area contributed by atoms with E-state index in [0.717, 1.165) is 57.8 Å². The zero-order chi connectivity index (χ0) is 36.8. The van der Waals surface area contributed by atoms with Crippen molar-refractivity contribution in [3.63, 3.8) is 0 Å². The molecule has 0 aliphatic rings. The van der Waals surface area contributed by atoms with Gasteiger partial charge in [0.25, 0.3) is 0 Å². The lowest BCUT2D eigenvalue weighted by Gasteiger charge is -2.24. The van der Waals surface area contributed by atoms with Crippen LogP contribution in [0, 0.1) is 0 Å². The van der Waals surface area contributed by atoms with Gasteiger partial charge in [-0.05, 0) is 38.5 Å². The molecule has 0 aromatic carbocycles. The number of esters is 1. The SMILES string of the molecule is CC/C=C/C=C/C=C\C=C/CCCC(CC(=O)NC(CO)C(O)CCCCCCCCCCC)OC(=O)CCCCCCCCCCCCC. The molecular formula is C44H79NO5. The third kappa shape index (κ3) is 33.0. The predicted molar refractivity (Wildman–Crippen MR) is 213 cm³/mol. The summed E-state index contributed by atoms with van der Waals surface area (Å²) < 4.78 is 5.84. The first-order valence-electron chi connectivity index (χ1n) is 20.9. The minimum atomic E-state index is -0.800. The number of amides is 1. The molecule has 0 aliphatic carbocycles. The van der Waals surface area contributed by atoms with Crippen LogP contribution in [0.2, 0.25) is 0 Å². The van der Waals surface area contributed by atoms with Gasteiger partial charge >= 0.3 is 5.97 Å². The van der Waals surface area contributed by atoms with Gasteiger partial charge in [-0.1, -0.05) is 191 Å². The fraction of sp³-hybridized carbons (Fsp3) is 0.773. The molecule has 6 heteroatoms. The number of carbonyl (C=O) groups is 2. The van der Waals surface area contributed by atoms with E-state index in [-0.39, 0.29) is 24.9 Å². The molecule has 0 fully saturated rings. The third-order valence-corrected chi connectivity index (χ3v) is 9.27. The van der Waals surface area contributed by atoms with Crippen molar-refractivity contribution in [2.75, 3.05) is 6.61 Å². The van der Waals surface area contributed by atoms with Crippen LogP contribution in [0.15, 0.2) is 48.6 Å². The molecule has 0 bridgehead atoms. The van der Waals surface area contributed by atoms with Gasteiger partial charge < -0.3 is 20.3 Å². The van der Waals surface area contributed by atoms with Gasteiger partial charge in [0.05, 0.1) is 25.2 Å². The molecule has 0 aliphatic heterocycles. The lowest BCUT2D eigenvalue weighted by Crippen LogP contribution is -2.46. The minimum Gasteiger partial charge on any atom is -0.462 e. The van der Waals surface area contributed by atoms with Crippen LogP contribution in [0.25, 0.3) is 0 Å². The maximum Gasteiger partial charge on any atom is 0.306 e. The fourth-order valence-electron chi connectivity index (χ4n) is 6.09. The molecule has 0 aromatic heterocycles. The monoisotopic (exact) mass is 702 g/mol. The van der Waals surface area contributed by atoms with Crippen LogP contribution in [-0.2, 0) is 14.3 Å². The highest BCUT2D eigenvalue weighted by Crippen LogP contribution is 2.16. The Morgan fingerprint density at radius 3 is 1.60 bits per heavy atom. The molecular weight excluding hydrogens is 622 g/mol. The Labute approximate surface area is 308 Å². The Bertz CT molecular complexity index is 880. The molecule has 3 unspecified atom stereocenters. The number of nitrogens with one attached hydrogen (secondary N) is 1. The van der Waals surface area contributed by atoms with Crippen molar-refractivity contribution >= 4 is 11.9 Å². The van der Waals surface area contributed by atoms with Gasteiger partial charge in [-0.3, -0.25) is 9.59 Å². The van der Waals surface area contributed by atoms with E-state index in [1.54, 1.807) is 0 Å². The van der Waals surface area contributed by atoms with E-state index < -0.39 is 18.2 Å². The summed E-state index contributed by atoms with van der Waals surface area (Å²) in [4.78, 5) is 25.8. The van der Waals surface area contributed by atoms with Crippen LogP contribution in [0.1, 0.15) is 194 Å². The van der Waals surface area contributed by atoms with Crippen molar-refractivity contribution in [2.45, 2.75) is 212 Å². The second kappa shape index (κ2) is 38.1. The summed E-state index contributed by atoms with van der Waals surface area (Å²) in [5, 5.41) is 23.5. The second-order valence-electron chi connectivity index (χ2n) is 14.1. The van der Waals surface area contributed by atoms with Crippen molar-refractivity contribution < 1.29 is 24.5 Å². The molecule has 0 saturated heterocycles. The highest BCUT2D eigenvalue weighted by atomic mass is 16.5. The number of carbonyl (C=O) groups excluding carboxylic acids is 2. The molecule has 0 rings (SSSR count). The summed E-state index contributed by atoms with van der Waals surface area (Å²) in [7, 11) is 0. The number of aliphatic hydroxyl groups excluding tert-OH is 2. The zero-order valence-electron chi connectivity index (χ0n) is 32.8. The lowest BCUT2D eigenvalue weighted by molar-refractivity contribution is -0.151. The van der Waals surface area contributed by atoms with Gasteiger partial charge in [-0.2, -0.15) is 0 Å². The molecule has 50 heavy (non-hydrogen) atoms. The summed E-state index contributed by atoms with van der Waals surface area (Å²) in [5.74, 6) is -0.546. The smallest absolute Gasteiger partial charge is 0.306 e. The minimum absolute atomic E-state index is 0.0327. The highest BCUT2D eigenvalue weighted by molar-refractivity contribution is 5.77. The van der Waals surface area contributed by atoms with Crippen LogP contribution < -0.4 is 5.32 Å². The Morgan fingerprint density at radius 2 is 1.08 bits per heavy atom. The Hall–Kier alpha value is -2.18. The molecule has 6 nitrogen and oxygen atoms in total. The van der Waals surface area contributed by atoms with Crippen LogP contribution in [0.5, 0.6) is 0 Å². The van der Waals surface area contributed by atoms with Crippen LogP contribution in [0.4, 0.5) is 0 Å². The van der Waals surface area contributed by atoms with E-state index in [4.69, 9.17) is 4.74 Å². The number of allylic oxidation sites excluding steroid dienone is 8. The summed E-state index contributed by atoms with van der Waals surface area (Å²) >= 11 is 0. The molecule has 0 radical (unpaired) electrons. The van der Waals surface area contributed by atoms with E-state index in [0.29, 0.717) is 19.3 Å². The van der Waals surface area contributed by atoms with E-state index in [1.165, 1.54) is 89.9 Å². The van der Waals surface area contributed by atoms with E-state index in [9.17, 15) is 19.8 Å². The average Bonchev–Trinajstić information content (AvgIpc) is 3.10. The van der Waals surface area contributed by atoms with Gasteiger partial charge in [0.1, 0.15) is 6.10 Å². The number of unbranched alkanes of at least 4 members (excludes halogenated alkanes) is 19. The molecule has 3 N–H and O–H groups in total. The fourth-order valence-corrected chi connectivity index (χ4v) is 6.09. The number of ether oxygens (including phenoxy) is 1. The average molecular weight is 702 g/mol. The van der Waals surface area contributed by atoms with E-state index in [2.05, 4.69) is 38.2 Å². The van der Waals surface area contributed by atoms with Crippen LogP contribution in [-0.4, -0.2) is 46.9 Å². The molecule has 0 saturated carbocycles. The zero-order valence-corrected chi connectivity index (χ0v) is 32.8. The van der Waals surface area contributed by atoms with Crippen molar-refractivity contribution in [1.29, 1.82) is 0 Å². The van der Waals surface area contributed by atoms with E-state index in [1.807, 2.05) is 36.5 Å². The first-order valence-corrected chi connectivity index (χ1v) is 20.9. The number of hydrogen-bond acceptors (Lipinski definition) is 5. The number of hydrogen-bond donors (Lipinski definition) is 3. The molecule has 0 aromatic rings. The summed E-state index contributed by atoms with van der Waals surface area (Å²) in [6.45, 7) is 6.26. The molecule has 0 spiro atoms. The molecule has 0 heterocycles. The Kier molecular flexibility index (Phi) is 36.4. The third-order valence-electron chi connectivity index (χ3n) is 9.27. The Morgan fingerprint density at radius 1 is 0.600 bits per heavy atom. The van der Waals surface area contributed by atoms with Crippen LogP contribution in [0.3, 0.4) is 0 Å². The van der Waals surface area contributed by atoms with Gasteiger partial charge in [-0.15, -0.1) is 0 Å². The maximum atomic E-state index is 13.0. The molecule has 1 amide bonds. The van der Waals surface area contributed by atoms with Gasteiger partial charge in [0, 0.05) is 6.42 Å². The first kappa shape index (κ1) is 47.8. The topological polar surface area (TPSA) is 95.9 Å². The molecule has 290 valence electrons. The quantitative estimate of drug-likeness (QED) is 0.0343. The van der Waals surface area contributed by atoms with Crippen molar-refractivity contribution in [1.82, 2.24) is 5.32 Å². The summed E-state index contributed by atoms with van der Waals surface area (Å²) in [6, 6.07) is -0.717.